The Labute approximate surface area is 185 Å². The first-order valence-electron chi connectivity index (χ1n) is 9.99. The van der Waals surface area contributed by atoms with Crippen LogP contribution in [0.15, 0.2) is 57.9 Å². The van der Waals surface area contributed by atoms with Crippen molar-refractivity contribution in [1.29, 1.82) is 0 Å². The molecule has 0 amide bonds. The number of esters is 3. The van der Waals surface area contributed by atoms with Crippen molar-refractivity contribution >= 4 is 23.6 Å². The van der Waals surface area contributed by atoms with Gasteiger partial charge in [-0.15, -0.1) is 0 Å². The number of ether oxygens (including phenoxy) is 3. The molecule has 0 aliphatic carbocycles. The molecule has 0 aliphatic heterocycles. The Morgan fingerprint density at radius 3 is 2.25 bits per heavy atom. The van der Waals surface area contributed by atoms with Crippen LogP contribution in [0.3, 0.4) is 0 Å². The minimum atomic E-state index is -1.31. The molecule has 0 radical (unpaired) electrons. The smallest absolute Gasteiger partial charge is 0.359 e. The zero-order valence-electron chi connectivity index (χ0n) is 18.1. The highest BCUT2D eigenvalue weighted by molar-refractivity contribution is 5.97. The van der Waals surface area contributed by atoms with E-state index < -0.39 is 29.5 Å². The largest absolute Gasteiger partial charge is 0.465 e. The number of nitrogens with one attached hydrogen (secondary N) is 1. The molecule has 170 valence electrons. The minimum absolute atomic E-state index is 0.0572. The molecule has 0 unspecified atom stereocenters. The summed E-state index contributed by atoms with van der Waals surface area (Å²) in [4.78, 5) is 48.6. The number of rotatable bonds is 10. The van der Waals surface area contributed by atoms with Gasteiger partial charge in [-0.1, -0.05) is 30.3 Å². The molecule has 1 aromatic heterocycles. The van der Waals surface area contributed by atoms with E-state index in [9.17, 15) is 19.2 Å². The third kappa shape index (κ3) is 6.83. The third-order valence-corrected chi connectivity index (χ3v) is 4.17. The Kier molecular flexibility index (Phi) is 9.22. The molecule has 1 aromatic carbocycles. The van der Waals surface area contributed by atoms with Crippen LogP contribution in [0, 0.1) is 12.8 Å². The second-order valence-corrected chi connectivity index (χ2v) is 6.46. The molecule has 0 saturated carbocycles. The fourth-order valence-corrected chi connectivity index (χ4v) is 2.61. The van der Waals surface area contributed by atoms with Crippen molar-refractivity contribution in [3.05, 3.63) is 76.0 Å². The molecule has 1 heterocycles. The lowest BCUT2D eigenvalue weighted by Gasteiger charge is -2.11. The quantitative estimate of drug-likeness (QED) is 0.335. The van der Waals surface area contributed by atoms with Crippen LogP contribution >= 0.6 is 0 Å². The zero-order valence-corrected chi connectivity index (χ0v) is 18.1. The van der Waals surface area contributed by atoms with Crippen LogP contribution in [-0.4, -0.2) is 31.1 Å². The number of aryl methyl sites for hydroxylation is 1. The molecule has 2 aromatic rings. The van der Waals surface area contributed by atoms with Crippen molar-refractivity contribution in [3.8, 4) is 0 Å². The molecule has 0 atom stereocenters. The Morgan fingerprint density at radius 1 is 1.03 bits per heavy atom. The zero-order chi connectivity index (χ0) is 23.5. The molecular weight excluding hydrogens is 418 g/mol. The van der Waals surface area contributed by atoms with Crippen LogP contribution < -0.4 is 10.9 Å². The Bertz CT molecular complexity index is 1010. The lowest BCUT2D eigenvalue weighted by molar-refractivity contribution is -0.158. The first kappa shape index (κ1) is 24.4. The Hall–Kier alpha value is -3.88. The first-order chi connectivity index (χ1) is 15.4. The van der Waals surface area contributed by atoms with E-state index in [4.69, 9.17) is 18.6 Å². The highest BCUT2D eigenvalue weighted by Gasteiger charge is 2.26. The van der Waals surface area contributed by atoms with E-state index in [1.54, 1.807) is 13.8 Å². The van der Waals surface area contributed by atoms with E-state index in [2.05, 4.69) is 5.32 Å². The predicted octanol–water partition coefficient (Wildman–Crippen LogP) is 2.97. The summed E-state index contributed by atoms with van der Waals surface area (Å²) in [5.74, 6) is -3.46. The third-order valence-electron chi connectivity index (χ3n) is 4.17. The number of carbonyl (C=O) groups is 3. The van der Waals surface area contributed by atoms with Crippen LogP contribution in [0.25, 0.3) is 0 Å². The molecule has 0 aliphatic rings. The van der Waals surface area contributed by atoms with Gasteiger partial charge in [0, 0.05) is 0 Å². The Morgan fingerprint density at radius 2 is 1.66 bits per heavy atom. The topological polar surface area (TPSA) is 121 Å². The Balaban J connectivity index is 2.15. The summed E-state index contributed by atoms with van der Waals surface area (Å²) >= 11 is 0. The van der Waals surface area contributed by atoms with Crippen LogP contribution in [-0.2, 0) is 30.4 Å². The summed E-state index contributed by atoms with van der Waals surface area (Å²) in [7, 11) is 0. The van der Waals surface area contributed by atoms with Crippen molar-refractivity contribution in [2.24, 2.45) is 5.92 Å². The van der Waals surface area contributed by atoms with E-state index in [1.165, 1.54) is 25.3 Å². The normalized spacial score (nSPS) is 10.8. The van der Waals surface area contributed by atoms with Crippen molar-refractivity contribution < 1.29 is 33.0 Å². The number of anilines is 1. The highest BCUT2D eigenvalue weighted by Crippen LogP contribution is 2.14. The molecule has 9 heteroatoms. The van der Waals surface area contributed by atoms with Gasteiger partial charge in [0.25, 0.3) is 0 Å². The lowest BCUT2D eigenvalue weighted by atomic mass is 10.1. The van der Waals surface area contributed by atoms with Gasteiger partial charge in [-0.2, -0.15) is 0 Å². The SMILES string of the molecule is CCOC(=O)C(/C=C/Nc1cc(C(=O)OCc2ccccc2)c(C)oc1=O)C(=O)OCC. The van der Waals surface area contributed by atoms with Crippen LogP contribution in [0.1, 0.15) is 35.5 Å². The molecule has 2 rings (SSSR count). The summed E-state index contributed by atoms with van der Waals surface area (Å²) in [5.41, 5.74) is 0.0467. The fourth-order valence-electron chi connectivity index (χ4n) is 2.61. The van der Waals surface area contributed by atoms with Gasteiger partial charge >= 0.3 is 23.5 Å². The van der Waals surface area contributed by atoms with Crippen molar-refractivity contribution in [2.75, 3.05) is 18.5 Å². The van der Waals surface area contributed by atoms with E-state index in [0.29, 0.717) is 0 Å². The lowest BCUT2D eigenvalue weighted by Crippen LogP contribution is -2.26. The molecular formula is C23H25NO8. The average molecular weight is 443 g/mol. The number of hydrogen-bond acceptors (Lipinski definition) is 9. The fraction of sp³-hybridized carbons (Fsp3) is 0.304. The summed E-state index contributed by atoms with van der Waals surface area (Å²) < 4.78 is 20.1. The van der Waals surface area contributed by atoms with E-state index in [-0.39, 0.29) is 36.8 Å². The van der Waals surface area contributed by atoms with E-state index >= 15 is 0 Å². The molecule has 0 spiro atoms. The van der Waals surface area contributed by atoms with Gasteiger partial charge in [-0.25, -0.2) is 9.59 Å². The van der Waals surface area contributed by atoms with Gasteiger partial charge in [0.05, 0.1) is 13.2 Å². The maximum absolute atomic E-state index is 12.5. The maximum atomic E-state index is 12.5. The van der Waals surface area contributed by atoms with Crippen LogP contribution in [0.2, 0.25) is 0 Å². The van der Waals surface area contributed by atoms with Crippen LogP contribution in [0.5, 0.6) is 0 Å². The molecule has 9 nitrogen and oxygen atoms in total. The second kappa shape index (κ2) is 12.1. The average Bonchev–Trinajstić information content (AvgIpc) is 2.77. The molecule has 0 bridgehead atoms. The summed E-state index contributed by atoms with van der Waals surface area (Å²) in [6.07, 6.45) is 2.40. The van der Waals surface area contributed by atoms with E-state index in [0.717, 1.165) is 5.56 Å². The van der Waals surface area contributed by atoms with Gasteiger partial charge < -0.3 is 23.9 Å². The van der Waals surface area contributed by atoms with Gasteiger partial charge in [-0.3, -0.25) is 9.59 Å². The standard InChI is InChI=1S/C23H25NO8/c1-4-29-20(25)17(21(26)30-5-2)11-12-24-19-13-18(15(3)32-23(19)28)22(27)31-14-16-9-7-6-8-10-16/h6-13,17,24H,4-5,14H2,1-3H3/b12-11+. The minimum Gasteiger partial charge on any atom is -0.465 e. The van der Waals surface area contributed by atoms with Gasteiger partial charge in [0.1, 0.15) is 23.6 Å². The second-order valence-electron chi connectivity index (χ2n) is 6.46. The van der Waals surface area contributed by atoms with Crippen molar-refractivity contribution in [1.82, 2.24) is 0 Å². The first-order valence-corrected chi connectivity index (χ1v) is 9.99. The maximum Gasteiger partial charge on any atom is 0.359 e. The van der Waals surface area contributed by atoms with Crippen LogP contribution in [0.4, 0.5) is 5.69 Å². The number of benzene rings is 1. The van der Waals surface area contributed by atoms with Crippen molar-refractivity contribution in [2.45, 2.75) is 27.4 Å². The molecule has 0 saturated heterocycles. The van der Waals surface area contributed by atoms with Crippen molar-refractivity contribution in [3.63, 3.8) is 0 Å². The molecule has 1 N–H and O–H groups in total. The monoisotopic (exact) mass is 443 g/mol. The summed E-state index contributed by atoms with van der Waals surface area (Å²) in [6, 6.07) is 10.4. The highest BCUT2D eigenvalue weighted by atomic mass is 16.6. The molecule has 0 fully saturated rings. The number of hydrogen-bond donors (Lipinski definition) is 1. The van der Waals surface area contributed by atoms with Gasteiger partial charge in [-0.05, 0) is 44.7 Å². The van der Waals surface area contributed by atoms with Gasteiger partial charge in [0.2, 0.25) is 0 Å². The van der Waals surface area contributed by atoms with E-state index in [1.807, 2.05) is 30.3 Å². The predicted molar refractivity (Wildman–Crippen MR) is 115 cm³/mol. The molecule has 32 heavy (non-hydrogen) atoms. The van der Waals surface area contributed by atoms with Gasteiger partial charge in [0.15, 0.2) is 5.92 Å². The summed E-state index contributed by atoms with van der Waals surface area (Å²) in [6.45, 7) is 4.92. The number of carbonyl (C=O) groups excluding carboxylic acids is 3. The summed E-state index contributed by atoms with van der Waals surface area (Å²) in [5, 5.41) is 2.62.